The van der Waals surface area contributed by atoms with E-state index in [9.17, 15) is 0 Å². The molecule has 0 aromatic heterocycles. The summed E-state index contributed by atoms with van der Waals surface area (Å²) in [4.78, 5) is 0. The molecule has 0 spiro atoms. The van der Waals surface area contributed by atoms with Gasteiger partial charge < -0.3 is 10.9 Å². The topological polar surface area (TPSA) is 58.6 Å². The summed E-state index contributed by atoms with van der Waals surface area (Å²) >= 11 is 0. The van der Waals surface area contributed by atoms with Crippen LogP contribution in [0.1, 0.15) is 11.1 Å². The van der Waals surface area contributed by atoms with Crippen molar-refractivity contribution in [2.75, 3.05) is 5.73 Å². The van der Waals surface area contributed by atoms with Crippen LogP contribution in [0.15, 0.2) is 59.8 Å². The molecule has 0 aliphatic rings. The first-order chi connectivity index (χ1) is 7.81. The first-order valence-corrected chi connectivity index (χ1v) is 4.94. The molecule has 3 N–H and O–H groups in total. The molecule has 2 aromatic carbocycles. The maximum Gasteiger partial charge on any atom is 0.117 e. The highest BCUT2D eigenvalue weighted by Gasteiger charge is 2.06. The summed E-state index contributed by atoms with van der Waals surface area (Å²) in [6.07, 6.45) is 0. The Kier molecular flexibility index (Phi) is 2.87. The van der Waals surface area contributed by atoms with Crippen LogP contribution in [0.3, 0.4) is 0 Å². The second kappa shape index (κ2) is 4.49. The van der Waals surface area contributed by atoms with Gasteiger partial charge in [0.2, 0.25) is 0 Å². The van der Waals surface area contributed by atoms with Crippen molar-refractivity contribution in [1.29, 1.82) is 0 Å². The third-order valence-electron chi connectivity index (χ3n) is 2.31. The first kappa shape index (κ1) is 10.2. The van der Waals surface area contributed by atoms with E-state index in [1.54, 1.807) is 12.1 Å². The fourth-order valence-corrected chi connectivity index (χ4v) is 1.56. The number of benzene rings is 2. The minimum absolute atomic E-state index is 0.521. The van der Waals surface area contributed by atoms with Gasteiger partial charge in [0.1, 0.15) is 5.71 Å². The molecule has 0 heterocycles. The Bertz CT molecular complexity index is 506. The largest absolute Gasteiger partial charge is 0.410 e. The predicted molar refractivity (Wildman–Crippen MR) is 64.7 cm³/mol. The van der Waals surface area contributed by atoms with E-state index in [2.05, 4.69) is 5.16 Å². The van der Waals surface area contributed by atoms with Crippen molar-refractivity contribution in [1.82, 2.24) is 0 Å². The molecule has 0 saturated heterocycles. The van der Waals surface area contributed by atoms with Crippen molar-refractivity contribution in [2.45, 2.75) is 0 Å². The molecule has 2 aromatic rings. The van der Waals surface area contributed by atoms with Gasteiger partial charge in [-0.25, -0.2) is 0 Å². The average Bonchev–Trinajstić information content (AvgIpc) is 2.31. The van der Waals surface area contributed by atoms with E-state index < -0.39 is 0 Å². The van der Waals surface area contributed by atoms with Gasteiger partial charge in [0.15, 0.2) is 0 Å². The van der Waals surface area contributed by atoms with E-state index >= 15 is 0 Å². The third-order valence-corrected chi connectivity index (χ3v) is 2.31. The summed E-state index contributed by atoms with van der Waals surface area (Å²) in [5.41, 5.74) is 8.52. The number of nitrogens with zero attached hydrogens (tertiary/aromatic N) is 1. The van der Waals surface area contributed by atoms with Gasteiger partial charge >= 0.3 is 0 Å². The Hall–Kier alpha value is -2.29. The molecule has 0 aliphatic carbocycles. The maximum absolute atomic E-state index is 9.07. The number of nitrogens with two attached hydrogens (primary N) is 1. The van der Waals surface area contributed by atoms with E-state index in [4.69, 9.17) is 10.9 Å². The zero-order valence-corrected chi connectivity index (χ0v) is 8.67. The van der Waals surface area contributed by atoms with Gasteiger partial charge in [0.25, 0.3) is 0 Å². The summed E-state index contributed by atoms with van der Waals surface area (Å²) in [6.45, 7) is 0. The van der Waals surface area contributed by atoms with Crippen molar-refractivity contribution >= 4 is 11.4 Å². The Morgan fingerprint density at radius 2 is 1.62 bits per heavy atom. The fourth-order valence-electron chi connectivity index (χ4n) is 1.56. The molecule has 0 atom stereocenters. The predicted octanol–water partition coefficient (Wildman–Crippen LogP) is 2.50. The van der Waals surface area contributed by atoms with Gasteiger partial charge in [-0.3, -0.25) is 0 Å². The number of hydrogen-bond acceptors (Lipinski definition) is 3. The lowest BCUT2D eigenvalue weighted by Crippen LogP contribution is -2.03. The van der Waals surface area contributed by atoms with Crippen molar-refractivity contribution in [3.63, 3.8) is 0 Å². The molecule has 0 saturated carbocycles. The molecule has 0 unspecified atom stereocenters. The SMILES string of the molecule is Nc1cccc(C(=NO)c2ccccc2)c1. The first-order valence-electron chi connectivity index (χ1n) is 4.94. The zero-order valence-electron chi connectivity index (χ0n) is 8.67. The lowest BCUT2D eigenvalue weighted by atomic mass is 10.0. The normalized spacial score (nSPS) is 11.4. The van der Waals surface area contributed by atoms with Crippen LogP contribution in [0, 0.1) is 0 Å². The Labute approximate surface area is 93.8 Å². The molecule has 0 amide bonds. The number of rotatable bonds is 2. The van der Waals surface area contributed by atoms with Gasteiger partial charge in [-0.2, -0.15) is 0 Å². The van der Waals surface area contributed by atoms with Crippen molar-refractivity contribution in [2.24, 2.45) is 5.16 Å². The molecule has 3 heteroatoms. The molecule has 0 radical (unpaired) electrons. The molecule has 16 heavy (non-hydrogen) atoms. The molecule has 2 rings (SSSR count). The average molecular weight is 212 g/mol. The second-order valence-corrected chi connectivity index (χ2v) is 3.44. The molecule has 3 nitrogen and oxygen atoms in total. The van der Waals surface area contributed by atoms with Crippen LogP contribution >= 0.6 is 0 Å². The Morgan fingerprint density at radius 1 is 0.938 bits per heavy atom. The number of anilines is 1. The smallest absolute Gasteiger partial charge is 0.117 e. The molecule has 0 bridgehead atoms. The van der Waals surface area contributed by atoms with Crippen molar-refractivity contribution in [3.8, 4) is 0 Å². The van der Waals surface area contributed by atoms with E-state index in [-0.39, 0.29) is 0 Å². The van der Waals surface area contributed by atoms with Crippen LogP contribution in [0.25, 0.3) is 0 Å². The van der Waals surface area contributed by atoms with Gasteiger partial charge in [-0.1, -0.05) is 47.6 Å². The Balaban J connectivity index is 2.46. The van der Waals surface area contributed by atoms with E-state index in [1.165, 1.54) is 0 Å². The summed E-state index contributed by atoms with van der Waals surface area (Å²) in [7, 11) is 0. The summed E-state index contributed by atoms with van der Waals surface area (Å²) in [6, 6.07) is 16.7. The van der Waals surface area contributed by atoms with Gasteiger partial charge in [-0.05, 0) is 12.1 Å². The highest BCUT2D eigenvalue weighted by atomic mass is 16.4. The van der Waals surface area contributed by atoms with Gasteiger partial charge in [0, 0.05) is 16.8 Å². The third kappa shape index (κ3) is 2.03. The van der Waals surface area contributed by atoms with Crippen molar-refractivity contribution in [3.05, 3.63) is 65.7 Å². The zero-order chi connectivity index (χ0) is 11.4. The monoisotopic (exact) mass is 212 g/mol. The molecule has 0 aliphatic heterocycles. The number of nitrogen functional groups attached to an aromatic ring is 1. The van der Waals surface area contributed by atoms with E-state index in [0.717, 1.165) is 11.1 Å². The number of hydrogen-bond donors (Lipinski definition) is 2. The van der Waals surface area contributed by atoms with Crippen molar-refractivity contribution < 1.29 is 5.21 Å². The Morgan fingerprint density at radius 3 is 2.25 bits per heavy atom. The van der Waals surface area contributed by atoms with Crippen LogP contribution < -0.4 is 5.73 Å². The minimum atomic E-state index is 0.521. The highest BCUT2D eigenvalue weighted by molar-refractivity contribution is 6.12. The van der Waals surface area contributed by atoms with Gasteiger partial charge in [0.05, 0.1) is 0 Å². The van der Waals surface area contributed by atoms with E-state index in [0.29, 0.717) is 11.4 Å². The second-order valence-electron chi connectivity index (χ2n) is 3.44. The maximum atomic E-state index is 9.07. The van der Waals surface area contributed by atoms with Gasteiger partial charge in [-0.15, -0.1) is 0 Å². The summed E-state index contributed by atoms with van der Waals surface area (Å²) in [5.74, 6) is 0. The van der Waals surface area contributed by atoms with Crippen LogP contribution in [0.4, 0.5) is 5.69 Å². The van der Waals surface area contributed by atoms with Crippen LogP contribution in [-0.2, 0) is 0 Å². The molecule has 0 fully saturated rings. The standard InChI is InChI=1S/C13H12N2O/c14-12-8-4-7-11(9-12)13(15-16)10-5-2-1-3-6-10/h1-9,16H,14H2. The fraction of sp³-hybridized carbons (Fsp3) is 0. The summed E-state index contributed by atoms with van der Waals surface area (Å²) < 4.78 is 0. The minimum Gasteiger partial charge on any atom is -0.410 e. The highest BCUT2D eigenvalue weighted by Crippen LogP contribution is 2.13. The van der Waals surface area contributed by atoms with Crippen LogP contribution in [0.2, 0.25) is 0 Å². The van der Waals surface area contributed by atoms with E-state index in [1.807, 2.05) is 42.5 Å². The summed E-state index contributed by atoms with van der Waals surface area (Å²) in [5, 5.41) is 12.4. The lowest BCUT2D eigenvalue weighted by molar-refractivity contribution is 0.319. The van der Waals surface area contributed by atoms with Crippen LogP contribution in [-0.4, -0.2) is 10.9 Å². The lowest BCUT2D eigenvalue weighted by Gasteiger charge is -2.05. The number of oxime groups is 1. The quantitative estimate of drug-likeness (QED) is 0.348. The van der Waals surface area contributed by atoms with Crippen LogP contribution in [0.5, 0.6) is 0 Å². The molecular formula is C13H12N2O. The molecule has 80 valence electrons. The molecular weight excluding hydrogens is 200 g/mol.